The predicted octanol–water partition coefficient (Wildman–Crippen LogP) is 2.72. The molecule has 8 nitrogen and oxygen atoms in total. The summed E-state index contributed by atoms with van der Waals surface area (Å²) >= 11 is 0. The van der Waals surface area contributed by atoms with Crippen LogP contribution in [-0.4, -0.2) is 48.3 Å². The van der Waals surface area contributed by atoms with Crippen molar-refractivity contribution in [3.05, 3.63) is 40.6 Å². The SMILES string of the molecule is Cl.O=[N+]([O-])c1ccc(S(=O)(=O)N2CCC(NCC3CC3)CC2)c2ncccc12. The van der Waals surface area contributed by atoms with E-state index >= 15 is 0 Å². The van der Waals surface area contributed by atoms with E-state index in [9.17, 15) is 18.5 Å². The van der Waals surface area contributed by atoms with Crippen LogP contribution in [0.1, 0.15) is 25.7 Å². The number of sulfonamides is 1. The van der Waals surface area contributed by atoms with Gasteiger partial charge in [-0.2, -0.15) is 4.31 Å². The van der Waals surface area contributed by atoms with Crippen molar-refractivity contribution in [2.45, 2.75) is 36.6 Å². The first-order valence-electron chi connectivity index (χ1n) is 9.22. The van der Waals surface area contributed by atoms with Crippen molar-refractivity contribution in [1.82, 2.24) is 14.6 Å². The molecule has 0 spiro atoms. The number of nitrogens with one attached hydrogen (secondary N) is 1. The molecule has 2 aliphatic rings. The molecule has 1 saturated carbocycles. The number of hydrogen-bond donors (Lipinski definition) is 1. The number of fused-ring (bicyclic) bond motifs is 1. The van der Waals surface area contributed by atoms with Crippen LogP contribution in [0.25, 0.3) is 10.9 Å². The molecule has 2 aromatic rings. The second-order valence-corrected chi connectivity index (χ2v) is 9.18. The Balaban J connectivity index is 0.00000225. The Morgan fingerprint density at radius 1 is 1.18 bits per heavy atom. The number of aromatic nitrogens is 1. The van der Waals surface area contributed by atoms with E-state index in [1.165, 1.54) is 41.5 Å². The van der Waals surface area contributed by atoms with E-state index in [0.29, 0.717) is 19.1 Å². The fraction of sp³-hybridized carbons (Fsp3) is 0.500. The second kappa shape index (κ2) is 8.28. The van der Waals surface area contributed by atoms with Crippen molar-refractivity contribution < 1.29 is 13.3 Å². The highest BCUT2D eigenvalue weighted by atomic mass is 35.5. The molecule has 0 radical (unpaired) electrons. The minimum atomic E-state index is -3.75. The zero-order valence-corrected chi connectivity index (χ0v) is 16.9. The molecule has 0 bridgehead atoms. The zero-order chi connectivity index (χ0) is 19.0. The molecule has 1 aliphatic heterocycles. The van der Waals surface area contributed by atoms with Gasteiger partial charge in [-0.1, -0.05) is 0 Å². The van der Waals surface area contributed by atoms with Crippen molar-refractivity contribution in [3.63, 3.8) is 0 Å². The molecule has 2 heterocycles. The van der Waals surface area contributed by atoms with Gasteiger partial charge in [0.05, 0.1) is 15.8 Å². The predicted molar refractivity (Wildman–Crippen MR) is 108 cm³/mol. The minimum absolute atomic E-state index is 0. The van der Waals surface area contributed by atoms with Crippen LogP contribution < -0.4 is 5.32 Å². The van der Waals surface area contributed by atoms with E-state index in [0.717, 1.165) is 25.3 Å². The van der Waals surface area contributed by atoms with Crippen molar-refractivity contribution in [2.75, 3.05) is 19.6 Å². The van der Waals surface area contributed by atoms with Gasteiger partial charge in [0.1, 0.15) is 4.90 Å². The lowest BCUT2D eigenvalue weighted by Crippen LogP contribution is -2.45. The molecule has 0 amide bonds. The number of benzene rings is 1. The minimum Gasteiger partial charge on any atom is -0.314 e. The molecule has 152 valence electrons. The molecule has 1 aromatic carbocycles. The lowest BCUT2D eigenvalue weighted by Gasteiger charge is -2.32. The third-order valence-electron chi connectivity index (χ3n) is 5.37. The van der Waals surface area contributed by atoms with Gasteiger partial charge in [0.2, 0.25) is 10.0 Å². The molecule has 0 atom stereocenters. The molecule has 1 N–H and O–H groups in total. The van der Waals surface area contributed by atoms with E-state index in [1.54, 1.807) is 6.07 Å². The van der Waals surface area contributed by atoms with Crippen molar-refractivity contribution in [1.29, 1.82) is 0 Å². The Kier molecular flexibility index (Phi) is 6.18. The summed E-state index contributed by atoms with van der Waals surface area (Å²) in [5, 5.41) is 15.0. The zero-order valence-electron chi connectivity index (χ0n) is 15.3. The maximum absolute atomic E-state index is 13.2. The lowest BCUT2D eigenvalue weighted by molar-refractivity contribution is -0.383. The number of pyridine rings is 1. The Bertz CT molecular complexity index is 973. The molecule has 10 heteroatoms. The van der Waals surface area contributed by atoms with Gasteiger partial charge in [0.15, 0.2) is 0 Å². The summed E-state index contributed by atoms with van der Waals surface area (Å²) < 4.78 is 27.8. The highest BCUT2D eigenvalue weighted by Crippen LogP contribution is 2.32. The molecule has 1 aromatic heterocycles. The van der Waals surface area contributed by atoms with Gasteiger partial charge in [0, 0.05) is 31.4 Å². The molecular formula is C18H23ClN4O4S. The van der Waals surface area contributed by atoms with E-state index in [1.807, 2.05) is 0 Å². The van der Waals surface area contributed by atoms with Gasteiger partial charge in [0.25, 0.3) is 5.69 Å². The molecule has 2 fully saturated rings. The highest BCUT2D eigenvalue weighted by molar-refractivity contribution is 7.89. The van der Waals surface area contributed by atoms with Crippen molar-refractivity contribution in [3.8, 4) is 0 Å². The third kappa shape index (κ3) is 4.12. The van der Waals surface area contributed by atoms with Gasteiger partial charge < -0.3 is 5.32 Å². The van der Waals surface area contributed by atoms with E-state index in [-0.39, 0.29) is 33.9 Å². The average molecular weight is 427 g/mol. The molecule has 1 saturated heterocycles. The largest absolute Gasteiger partial charge is 0.314 e. The first kappa shape index (κ1) is 20.9. The molecule has 4 rings (SSSR count). The Morgan fingerprint density at radius 2 is 1.89 bits per heavy atom. The van der Waals surface area contributed by atoms with Crippen LogP contribution >= 0.6 is 12.4 Å². The summed E-state index contributed by atoms with van der Waals surface area (Å²) in [5.74, 6) is 0.796. The number of rotatable bonds is 6. The summed E-state index contributed by atoms with van der Waals surface area (Å²) in [6.45, 7) is 1.90. The summed E-state index contributed by atoms with van der Waals surface area (Å²) in [6.07, 6.45) is 5.58. The van der Waals surface area contributed by atoms with Gasteiger partial charge in [-0.25, -0.2) is 8.42 Å². The summed E-state index contributed by atoms with van der Waals surface area (Å²) in [7, 11) is -3.75. The topological polar surface area (TPSA) is 105 Å². The third-order valence-corrected chi connectivity index (χ3v) is 7.30. The molecule has 28 heavy (non-hydrogen) atoms. The number of piperidine rings is 1. The monoisotopic (exact) mass is 426 g/mol. The van der Waals surface area contributed by atoms with Crippen LogP contribution in [0.4, 0.5) is 5.69 Å². The van der Waals surface area contributed by atoms with Crippen molar-refractivity contribution >= 4 is 39.0 Å². The van der Waals surface area contributed by atoms with Gasteiger partial charge in [-0.05, 0) is 56.3 Å². The van der Waals surface area contributed by atoms with Crippen molar-refractivity contribution in [2.24, 2.45) is 5.92 Å². The van der Waals surface area contributed by atoms with Crippen LogP contribution in [0.5, 0.6) is 0 Å². The fourth-order valence-corrected chi connectivity index (χ4v) is 5.21. The van der Waals surface area contributed by atoms with E-state index in [2.05, 4.69) is 10.3 Å². The maximum atomic E-state index is 13.2. The number of hydrogen-bond acceptors (Lipinski definition) is 6. The number of nitro benzene ring substituents is 1. The van der Waals surface area contributed by atoms with Crippen LogP contribution in [-0.2, 0) is 10.0 Å². The van der Waals surface area contributed by atoms with E-state index < -0.39 is 14.9 Å². The van der Waals surface area contributed by atoms with Gasteiger partial charge >= 0.3 is 0 Å². The van der Waals surface area contributed by atoms with Crippen LogP contribution in [0.2, 0.25) is 0 Å². The van der Waals surface area contributed by atoms with Gasteiger partial charge in [-0.15, -0.1) is 12.4 Å². The number of non-ortho nitro benzene ring substituents is 1. The second-order valence-electron chi connectivity index (χ2n) is 7.27. The highest BCUT2D eigenvalue weighted by Gasteiger charge is 2.32. The Labute approximate surface area is 169 Å². The Hall–Kier alpha value is -1.81. The van der Waals surface area contributed by atoms with Gasteiger partial charge in [-0.3, -0.25) is 15.1 Å². The number of nitro groups is 1. The summed E-state index contributed by atoms with van der Waals surface area (Å²) in [5.41, 5.74) is 0.0146. The average Bonchev–Trinajstić information content (AvgIpc) is 3.50. The van der Waals surface area contributed by atoms with Crippen LogP contribution in [0.3, 0.4) is 0 Å². The standard InChI is InChI=1S/C18H22N4O4S.ClH/c23-22(24)16-5-6-17(18-15(16)2-1-9-19-18)27(25,26)21-10-7-14(8-11-21)20-12-13-3-4-13;/h1-2,5-6,9,13-14,20H,3-4,7-8,10-12H2;1H. The fourth-order valence-electron chi connectivity index (χ4n) is 3.59. The molecule has 1 aliphatic carbocycles. The summed E-state index contributed by atoms with van der Waals surface area (Å²) in [4.78, 5) is 14.9. The number of nitrogens with zero attached hydrogens (tertiary/aromatic N) is 3. The smallest absolute Gasteiger partial charge is 0.278 e. The molecule has 0 unspecified atom stereocenters. The quantitative estimate of drug-likeness (QED) is 0.562. The number of halogens is 1. The van der Waals surface area contributed by atoms with Crippen LogP contribution in [0.15, 0.2) is 35.4 Å². The van der Waals surface area contributed by atoms with Crippen LogP contribution in [0, 0.1) is 16.0 Å². The molecular weight excluding hydrogens is 404 g/mol. The maximum Gasteiger partial charge on any atom is 0.278 e. The van der Waals surface area contributed by atoms with E-state index in [4.69, 9.17) is 0 Å². The lowest BCUT2D eigenvalue weighted by atomic mass is 10.1. The first-order valence-corrected chi connectivity index (χ1v) is 10.7. The Morgan fingerprint density at radius 3 is 2.54 bits per heavy atom. The normalized spacial score (nSPS) is 18.7. The summed E-state index contributed by atoms with van der Waals surface area (Å²) in [6, 6.07) is 6.01. The first-order chi connectivity index (χ1) is 13.0.